The van der Waals surface area contributed by atoms with E-state index in [0.717, 1.165) is 37.7 Å². The zero-order valence-corrected chi connectivity index (χ0v) is 10.8. The van der Waals surface area contributed by atoms with Crippen LogP contribution in [0.5, 0.6) is 0 Å². The van der Waals surface area contributed by atoms with Crippen LogP contribution in [-0.4, -0.2) is 39.8 Å². The smallest absolute Gasteiger partial charge is 0.250 e. The Kier molecular flexibility index (Phi) is 3.41. The Morgan fingerprint density at radius 1 is 1.26 bits per heavy atom. The maximum absolute atomic E-state index is 5.63. The molecule has 2 N–H and O–H groups in total. The first-order valence-electron chi connectivity index (χ1n) is 6.67. The second-order valence-electron chi connectivity index (χ2n) is 4.90. The molecule has 2 heterocycles. The molecule has 0 radical (unpaired) electrons. The molecule has 1 atom stereocenters. The van der Waals surface area contributed by atoms with Crippen LogP contribution in [0.2, 0.25) is 0 Å². The van der Waals surface area contributed by atoms with Crippen LogP contribution in [0.25, 0.3) is 5.69 Å². The normalized spacial score (nSPS) is 19.0. The summed E-state index contributed by atoms with van der Waals surface area (Å²) in [5, 5.41) is 12.1. The number of benzene rings is 1. The highest BCUT2D eigenvalue weighted by atomic mass is 15.6. The number of anilines is 1. The minimum Gasteiger partial charge on any atom is -0.339 e. The van der Waals surface area contributed by atoms with Crippen molar-refractivity contribution in [3.63, 3.8) is 0 Å². The van der Waals surface area contributed by atoms with Gasteiger partial charge in [-0.3, -0.25) is 0 Å². The quantitative estimate of drug-likeness (QED) is 0.879. The Morgan fingerprint density at radius 2 is 2.11 bits per heavy atom. The molecule has 1 unspecified atom stereocenters. The van der Waals surface area contributed by atoms with Crippen molar-refractivity contribution in [1.82, 2.24) is 20.2 Å². The maximum atomic E-state index is 5.63. The molecule has 1 fully saturated rings. The van der Waals surface area contributed by atoms with Crippen molar-refractivity contribution >= 4 is 5.95 Å². The first-order chi connectivity index (χ1) is 9.38. The Morgan fingerprint density at radius 3 is 2.89 bits per heavy atom. The van der Waals surface area contributed by atoms with E-state index in [9.17, 15) is 0 Å². The zero-order chi connectivity index (χ0) is 13.1. The van der Waals surface area contributed by atoms with E-state index in [-0.39, 0.29) is 0 Å². The summed E-state index contributed by atoms with van der Waals surface area (Å²) < 4.78 is 1.80. The van der Waals surface area contributed by atoms with Gasteiger partial charge in [-0.05, 0) is 47.9 Å². The molecule has 100 valence electrons. The van der Waals surface area contributed by atoms with Crippen molar-refractivity contribution < 1.29 is 0 Å². The maximum Gasteiger partial charge on any atom is 0.250 e. The molecule has 0 aliphatic carbocycles. The largest absolute Gasteiger partial charge is 0.339 e. The summed E-state index contributed by atoms with van der Waals surface area (Å²) in [6.07, 6.45) is 2.24. The van der Waals surface area contributed by atoms with Gasteiger partial charge in [0, 0.05) is 13.1 Å². The van der Waals surface area contributed by atoms with Crippen LogP contribution in [0.1, 0.15) is 12.8 Å². The number of tetrazole rings is 1. The molecule has 0 amide bonds. The first-order valence-corrected chi connectivity index (χ1v) is 6.67. The predicted molar refractivity (Wildman–Crippen MR) is 73.1 cm³/mol. The van der Waals surface area contributed by atoms with Gasteiger partial charge in [0.1, 0.15) is 0 Å². The van der Waals surface area contributed by atoms with Gasteiger partial charge in [-0.1, -0.05) is 23.3 Å². The van der Waals surface area contributed by atoms with Gasteiger partial charge < -0.3 is 10.6 Å². The Bertz CT molecular complexity index is 523. The van der Waals surface area contributed by atoms with Crippen molar-refractivity contribution in [2.24, 2.45) is 11.7 Å². The number of nitrogens with two attached hydrogens (primary N) is 1. The fourth-order valence-electron chi connectivity index (χ4n) is 2.60. The predicted octanol–water partition coefficient (Wildman–Crippen LogP) is 0.837. The summed E-state index contributed by atoms with van der Waals surface area (Å²) >= 11 is 0. The lowest BCUT2D eigenvalue weighted by Gasteiger charge is -2.16. The van der Waals surface area contributed by atoms with Crippen LogP contribution in [-0.2, 0) is 0 Å². The molecule has 3 rings (SSSR count). The Balaban J connectivity index is 1.82. The van der Waals surface area contributed by atoms with Crippen LogP contribution < -0.4 is 10.6 Å². The summed E-state index contributed by atoms with van der Waals surface area (Å²) in [6, 6.07) is 9.98. The SMILES string of the molecule is NCCC1CCN(c2nnnn2-c2ccccc2)C1. The molecular weight excluding hydrogens is 240 g/mol. The number of rotatable bonds is 4. The third-order valence-corrected chi connectivity index (χ3v) is 3.60. The van der Waals surface area contributed by atoms with Gasteiger partial charge >= 0.3 is 0 Å². The molecule has 0 bridgehead atoms. The number of hydrogen-bond acceptors (Lipinski definition) is 5. The fourth-order valence-corrected chi connectivity index (χ4v) is 2.60. The standard InChI is InChI=1S/C13H18N6/c14-8-6-11-7-9-18(10-11)13-15-16-17-19(13)12-4-2-1-3-5-12/h1-5,11H,6-10,14H2. The van der Waals surface area contributed by atoms with E-state index in [4.69, 9.17) is 5.73 Å². The van der Waals surface area contributed by atoms with Crippen LogP contribution in [0.4, 0.5) is 5.95 Å². The van der Waals surface area contributed by atoms with E-state index in [2.05, 4.69) is 20.4 Å². The fraction of sp³-hybridized carbons (Fsp3) is 0.462. The molecule has 2 aromatic rings. The second kappa shape index (κ2) is 5.36. The first kappa shape index (κ1) is 12.1. The number of para-hydroxylation sites is 1. The average molecular weight is 258 g/mol. The van der Waals surface area contributed by atoms with Gasteiger partial charge in [0.25, 0.3) is 0 Å². The molecule has 1 aromatic heterocycles. The Hall–Kier alpha value is -1.95. The van der Waals surface area contributed by atoms with Crippen molar-refractivity contribution in [2.75, 3.05) is 24.5 Å². The molecule has 6 nitrogen and oxygen atoms in total. The lowest BCUT2D eigenvalue weighted by molar-refractivity contribution is 0.545. The minimum atomic E-state index is 0.658. The van der Waals surface area contributed by atoms with Gasteiger partial charge in [0.2, 0.25) is 5.95 Å². The summed E-state index contributed by atoms with van der Waals surface area (Å²) in [4.78, 5) is 2.24. The van der Waals surface area contributed by atoms with Gasteiger partial charge in [-0.2, -0.15) is 4.68 Å². The molecule has 0 saturated carbocycles. The lowest BCUT2D eigenvalue weighted by Crippen LogP contribution is -2.24. The van der Waals surface area contributed by atoms with Gasteiger partial charge in [-0.15, -0.1) is 0 Å². The van der Waals surface area contributed by atoms with Crippen molar-refractivity contribution in [1.29, 1.82) is 0 Å². The Labute approximate surface area is 112 Å². The number of nitrogens with zero attached hydrogens (tertiary/aromatic N) is 5. The highest BCUT2D eigenvalue weighted by Gasteiger charge is 2.26. The van der Waals surface area contributed by atoms with Gasteiger partial charge in [0.05, 0.1) is 5.69 Å². The molecular formula is C13H18N6. The summed E-state index contributed by atoms with van der Waals surface area (Å²) in [6.45, 7) is 2.74. The van der Waals surface area contributed by atoms with Crippen molar-refractivity contribution in [3.05, 3.63) is 30.3 Å². The summed E-state index contributed by atoms with van der Waals surface area (Å²) in [5.74, 6) is 1.48. The van der Waals surface area contributed by atoms with Gasteiger partial charge in [-0.25, -0.2) is 0 Å². The molecule has 1 aromatic carbocycles. The number of aromatic nitrogens is 4. The third kappa shape index (κ3) is 2.44. The number of hydrogen-bond donors (Lipinski definition) is 1. The monoisotopic (exact) mass is 258 g/mol. The average Bonchev–Trinajstić information content (AvgIpc) is 3.08. The highest BCUT2D eigenvalue weighted by molar-refractivity contribution is 5.41. The zero-order valence-electron chi connectivity index (χ0n) is 10.8. The molecule has 1 saturated heterocycles. The van der Waals surface area contributed by atoms with Gasteiger partial charge in [0.15, 0.2) is 0 Å². The molecule has 6 heteroatoms. The topological polar surface area (TPSA) is 72.9 Å². The van der Waals surface area contributed by atoms with Crippen molar-refractivity contribution in [3.8, 4) is 5.69 Å². The van der Waals surface area contributed by atoms with E-state index >= 15 is 0 Å². The third-order valence-electron chi connectivity index (χ3n) is 3.60. The van der Waals surface area contributed by atoms with Crippen LogP contribution in [0.3, 0.4) is 0 Å². The summed E-state index contributed by atoms with van der Waals surface area (Å²) in [5.41, 5.74) is 6.62. The van der Waals surface area contributed by atoms with Crippen LogP contribution in [0, 0.1) is 5.92 Å². The molecule has 1 aliphatic heterocycles. The van der Waals surface area contributed by atoms with Crippen molar-refractivity contribution in [2.45, 2.75) is 12.8 Å². The van der Waals surface area contributed by atoms with E-state index in [1.807, 2.05) is 30.3 Å². The highest BCUT2D eigenvalue weighted by Crippen LogP contribution is 2.24. The van der Waals surface area contributed by atoms with E-state index < -0.39 is 0 Å². The van der Waals surface area contributed by atoms with Crippen LogP contribution >= 0.6 is 0 Å². The van der Waals surface area contributed by atoms with E-state index in [1.165, 1.54) is 6.42 Å². The molecule has 1 aliphatic rings. The van der Waals surface area contributed by atoms with E-state index in [1.54, 1.807) is 4.68 Å². The molecule has 19 heavy (non-hydrogen) atoms. The minimum absolute atomic E-state index is 0.658. The summed E-state index contributed by atoms with van der Waals surface area (Å²) in [7, 11) is 0. The van der Waals surface area contributed by atoms with E-state index in [0.29, 0.717) is 5.92 Å². The molecule has 0 spiro atoms. The van der Waals surface area contributed by atoms with Crippen LogP contribution in [0.15, 0.2) is 30.3 Å². The second-order valence-corrected chi connectivity index (χ2v) is 4.90. The lowest BCUT2D eigenvalue weighted by atomic mass is 10.1.